The number of rotatable bonds is 5. The highest BCUT2D eigenvalue weighted by atomic mass is 32.2. The molecule has 0 bridgehead atoms. The van der Waals surface area contributed by atoms with Crippen LogP contribution < -0.4 is 0 Å². The van der Waals surface area contributed by atoms with Crippen molar-refractivity contribution in [3.8, 4) is 11.3 Å². The lowest BCUT2D eigenvalue weighted by Crippen LogP contribution is -2.23. The smallest absolute Gasteiger partial charge is 0.336 e. The lowest BCUT2D eigenvalue weighted by molar-refractivity contribution is -0.121. The highest BCUT2D eigenvalue weighted by molar-refractivity contribution is 8.18. The first-order valence-electron chi connectivity index (χ1n) is 9.29. The number of carbonyl (C=O) groups excluding carboxylic acids is 1. The van der Waals surface area contributed by atoms with E-state index >= 15 is 0 Å². The minimum absolute atomic E-state index is 0.156. The van der Waals surface area contributed by atoms with E-state index in [2.05, 4.69) is 4.99 Å². The van der Waals surface area contributed by atoms with Gasteiger partial charge in [0.05, 0.1) is 16.2 Å². The molecule has 1 N–H and O–H groups in total. The minimum Gasteiger partial charge on any atom is -0.478 e. The Morgan fingerprint density at radius 2 is 1.97 bits per heavy atom. The molecule has 8 heteroatoms. The zero-order valence-electron chi connectivity index (χ0n) is 16.7. The van der Waals surface area contributed by atoms with Crippen molar-refractivity contribution in [3.05, 3.63) is 76.9 Å². The fraction of sp³-hybridized carbons (Fsp3) is 0.0870. The van der Waals surface area contributed by atoms with Crippen LogP contribution >= 0.6 is 23.5 Å². The maximum atomic E-state index is 12.7. The van der Waals surface area contributed by atoms with Crippen LogP contribution in [0, 0.1) is 0 Å². The number of carboxylic acid groups (broad SMARTS) is 1. The van der Waals surface area contributed by atoms with Crippen molar-refractivity contribution in [2.75, 3.05) is 13.3 Å². The van der Waals surface area contributed by atoms with Crippen molar-refractivity contribution in [2.24, 2.45) is 4.99 Å². The third-order valence-corrected chi connectivity index (χ3v) is 6.39. The van der Waals surface area contributed by atoms with E-state index in [1.165, 1.54) is 22.7 Å². The third kappa shape index (κ3) is 4.45. The molecule has 0 unspecified atom stereocenters. The van der Waals surface area contributed by atoms with Gasteiger partial charge in [-0.1, -0.05) is 24.3 Å². The quantitative estimate of drug-likeness (QED) is 0.402. The van der Waals surface area contributed by atoms with Crippen LogP contribution in [0.2, 0.25) is 0 Å². The van der Waals surface area contributed by atoms with E-state index in [1.807, 2.05) is 30.5 Å². The van der Waals surface area contributed by atoms with E-state index in [-0.39, 0.29) is 11.5 Å². The second kappa shape index (κ2) is 8.87. The summed E-state index contributed by atoms with van der Waals surface area (Å²) in [5.41, 5.74) is 1.42. The Kier molecular flexibility index (Phi) is 6.01. The minimum atomic E-state index is -1.03. The summed E-state index contributed by atoms with van der Waals surface area (Å²) in [6.45, 7) is 0. The van der Waals surface area contributed by atoms with E-state index in [0.29, 0.717) is 27.2 Å². The highest BCUT2D eigenvalue weighted by Crippen LogP contribution is 2.35. The number of carboxylic acids is 1. The Morgan fingerprint density at radius 1 is 1.16 bits per heavy atom. The third-order valence-electron chi connectivity index (χ3n) is 4.60. The molecule has 1 amide bonds. The van der Waals surface area contributed by atoms with Gasteiger partial charge in [-0.3, -0.25) is 9.69 Å². The van der Waals surface area contributed by atoms with Crippen LogP contribution in [0.4, 0.5) is 5.69 Å². The fourth-order valence-electron chi connectivity index (χ4n) is 3.03. The molecule has 2 heterocycles. The summed E-state index contributed by atoms with van der Waals surface area (Å²) in [6.07, 6.45) is 3.65. The molecule has 31 heavy (non-hydrogen) atoms. The van der Waals surface area contributed by atoms with Crippen LogP contribution in [0.15, 0.2) is 79.9 Å². The second-order valence-corrected chi connectivity index (χ2v) is 8.51. The van der Waals surface area contributed by atoms with Crippen molar-refractivity contribution >= 4 is 52.3 Å². The normalized spacial score (nSPS) is 16.5. The van der Waals surface area contributed by atoms with Crippen LogP contribution in [0.25, 0.3) is 17.4 Å². The van der Waals surface area contributed by atoms with Crippen LogP contribution in [0.3, 0.4) is 0 Å². The highest BCUT2D eigenvalue weighted by Gasteiger charge is 2.30. The van der Waals surface area contributed by atoms with Gasteiger partial charge in [-0.25, -0.2) is 9.79 Å². The summed E-state index contributed by atoms with van der Waals surface area (Å²) in [5.74, 6) is -0.309. The number of hydrogen-bond donors (Lipinski definition) is 1. The first kappa shape index (κ1) is 21.0. The van der Waals surface area contributed by atoms with Gasteiger partial charge >= 0.3 is 5.97 Å². The number of furan rings is 1. The number of amidine groups is 1. The van der Waals surface area contributed by atoms with Gasteiger partial charge in [0, 0.05) is 23.6 Å². The van der Waals surface area contributed by atoms with E-state index in [0.717, 1.165) is 10.6 Å². The Balaban J connectivity index is 1.61. The molecular formula is C23H18N2O4S2. The molecule has 1 aromatic heterocycles. The van der Waals surface area contributed by atoms with Crippen LogP contribution in [0.5, 0.6) is 0 Å². The lowest BCUT2D eigenvalue weighted by Gasteiger charge is -2.07. The van der Waals surface area contributed by atoms with Gasteiger partial charge in [-0.2, -0.15) is 0 Å². The van der Waals surface area contributed by atoms with Crippen LogP contribution in [-0.2, 0) is 4.79 Å². The summed E-state index contributed by atoms with van der Waals surface area (Å²) in [6, 6.07) is 17.9. The Labute approximate surface area is 187 Å². The average molecular weight is 451 g/mol. The SMILES string of the molecule is CSc1cccc(N=C2S/C(=C/c3ccc(-c4ccccc4C(=O)O)o3)C(=O)N2C)c1. The molecule has 0 spiro atoms. The number of aliphatic imine (C=N–C) groups is 1. The van der Waals surface area contributed by atoms with Gasteiger partial charge in [0.15, 0.2) is 5.17 Å². The van der Waals surface area contributed by atoms with Crippen molar-refractivity contribution in [2.45, 2.75) is 4.90 Å². The number of benzene rings is 2. The maximum absolute atomic E-state index is 12.7. The summed E-state index contributed by atoms with van der Waals surface area (Å²) in [4.78, 5) is 31.8. The molecule has 1 aliphatic rings. The molecule has 1 aliphatic heterocycles. The molecular weight excluding hydrogens is 432 g/mol. The van der Waals surface area contributed by atoms with Gasteiger partial charge in [0.25, 0.3) is 5.91 Å². The van der Waals surface area contributed by atoms with E-state index in [4.69, 9.17) is 4.42 Å². The predicted molar refractivity (Wildman–Crippen MR) is 125 cm³/mol. The zero-order valence-corrected chi connectivity index (χ0v) is 18.4. The van der Waals surface area contributed by atoms with Gasteiger partial charge in [-0.05, 0) is 54.4 Å². The molecule has 6 nitrogen and oxygen atoms in total. The lowest BCUT2D eigenvalue weighted by atomic mass is 10.1. The molecule has 1 saturated heterocycles. The number of thioether (sulfide) groups is 2. The van der Waals surface area contributed by atoms with E-state index in [9.17, 15) is 14.7 Å². The first-order valence-corrected chi connectivity index (χ1v) is 11.3. The zero-order chi connectivity index (χ0) is 22.0. The summed E-state index contributed by atoms with van der Waals surface area (Å²) in [7, 11) is 1.68. The van der Waals surface area contributed by atoms with Gasteiger partial charge in [-0.15, -0.1) is 11.8 Å². The van der Waals surface area contributed by atoms with Crippen molar-refractivity contribution in [1.82, 2.24) is 4.90 Å². The molecule has 0 saturated carbocycles. The number of likely N-dealkylation sites (N-methyl/N-ethyl adjacent to an activating group) is 1. The number of carbonyl (C=O) groups is 2. The molecule has 0 radical (unpaired) electrons. The van der Waals surface area contributed by atoms with Crippen molar-refractivity contribution in [1.29, 1.82) is 0 Å². The van der Waals surface area contributed by atoms with Gasteiger partial charge < -0.3 is 9.52 Å². The predicted octanol–water partition coefficient (Wildman–Crippen LogP) is 5.60. The Morgan fingerprint density at radius 3 is 2.74 bits per heavy atom. The number of hydrogen-bond acceptors (Lipinski definition) is 6. The molecule has 3 aromatic rings. The topological polar surface area (TPSA) is 83.1 Å². The van der Waals surface area contributed by atoms with Crippen LogP contribution in [-0.4, -0.2) is 40.4 Å². The number of aromatic carboxylic acids is 1. The monoisotopic (exact) mass is 450 g/mol. The van der Waals surface area contributed by atoms with Crippen molar-refractivity contribution in [3.63, 3.8) is 0 Å². The van der Waals surface area contributed by atoms with Gasteiger partial charge in [0.1, 0.15) is 11.5 Å². The number of nitrogens with zero attached hydrogens (tertiary/aromatic N) is 2. The van der Waals surface area contributed by atoms with Crippen LogP contribution in [0.1, 0.15) is 16.1 Å². The van der Waals surface area contributed by atoms with Crippen molar-refractivity contribution < 1.29 is 19.1 Å². The molecule has 1 fully saturated rings. The molecule has 0 atom stereocenters. The summed E-state index contributed by atoms with van der Waals surface area (Å²) in [5, 5.41) is 9.97. The van der Waals surface area contributed by atoms with Gasteiger partial charge in [0.2, 0.25) is 0 Å². The second-order valence-electron chi connectivity index (χ2n) is 6.62. The molecule has 0 aliphatic carbocycles. The summed E-state index contributed by atoms with van der Waals surface area (Å²) >= 11 is 2.90. The molecule has 156 valence electrons. The average Bonchev–Trinajstić information content (AvgIpc) is 3.34. The molecule has 4 rings (SSSR count). The first-order chi connectivity index (χ1) is 15.0. The maximum Gasteiger partial charge on any atom is 0.336 e. The largest absolute Gasteiger partial charge is 0.478 e. The summed E-state index contributed by atoms with van der Waals surface area (Å²) < 4.78 is 5.82. The Bertz CT molecular complexity index is 1230. The van der Waals surface area contributed by atoms with E-state index < -0.39 is 5.97 Å². The fourth-order valence-corrected chi connectivity index (χ4v) is 4.45. The standard InChI is InChI=1S/C23H18N2O4S2/c1-25-21(26)20(31-23(25)24-14-6-5-7-16(12-14)30-2)13-15-10-11-19(29-15)17-8-3-4-9-18(17)22(27)28/h3-13H,1-2H3,(H,27,28)/b20-13+,24-23?. The van der Waals surface area contributed by atoms with E-state index in [1.54, 1.807) is 55.2 Å². The molecule has 2 aromatic carbocycles. The Hall–Kier alpha value is -3.23. The number of amides is 1.